The van der Waals surface area contributed by atoms with Gasteiger partial charge in [-0.3, -0.25) is 0 Å². The van der Waals surface area contributed by atoms with Crippen LogP contribution >= 0.6 is 11.6 Å². The van der Waals surface area contributed by atoms with Gasteiger partial charge in [0, 0.05) is 24.7 Å². The number of rotatable bonds is 3. The summed E-state index contributed by atoms with van der Waals surface area (Å²) in [6.45, 7) is 13.7. The van der Waals surface area contributed by atoms with Crippen LogP contribution in [0.4, 0.5) is 5.82 Å². The van der Waals surface area contributed by atoms with Crippen molar-refractivity contribution in [2.24, 2.45) is 11.3 Å². The Morgan fingerprint density at radius 2 is 1.86 bits per heavy atom. The van der Waals surface area contributed by atoms with Gasteiger partial charge in [0.25, 0.3) is 0 Å². The second-order valence-electron chi connectivity index (χ2n) is 7.67. The highest BCUT2D eigenvalue weighted by atomic mass is 35.5. The quantitative estimate of drug-likeness (QED) is 0.713. The molecule has 0 radical (unpaired) electrons. The molecule has 0 N–H and O–H groups in total. The van der Waals surface area contributed by atoms with Gasteiger partial charge in [-0.2, -0.15) is 0 Å². The molecule has 0 unspecified atom stereocenters. The summed E-state index contributed by atoms with van der Waals surface area (Å²) in [4.78, 5) is 7.29. The first-order chi connectivity index (χ1) is 9.81. The Kier molecular flexibility index (Phi) is 5.19. The van der Waals surface area contributed by atoms with Crippen molar-refractivity contribution in [3.05, 3.63) is 23.4 Å². The number of hydrogen-bond donors (Lipinski definition) is 0. The number of piperidine rings is 1. The Bertz CT molecular complexity index is 469. The van der Waals surface area contributed by atoms with E-state index in [9.17, 15) is 0 Å². The van der Waals surface area contributed by atoms with E-state index in [-0.39, 0.29) is 0 Å². The molecule has 118 valence electrons. The minimum atomic E-state index is 0.417. The monoisotopic (exact) mass is 308 g/mol. The van der Waals surface area contributed by atoms with Crippen molar-refractivity contribution in [1.82, 2.24) is 4.98 Å². The van der Waals surface area contributed by atoms with E-state index in [0.717, 1.165) is 30.5 Å². The summed E-state index contributed by atoms with van der Waals surface area (Å²) in [5, 5.41) is 0. The number of hydrogen-bond acceptors (Lipinski definition) is 2. The molecule has 2 nitrogen and oxygen atoms in total. The van der Waals surface area contributed by atoms with Crippen LogP contribution in [0.1, 0.15) is 64.6 Å². The normalized spacial score (nSPS) is 17.6. The number of nitrogens with zero attached hydrogens (tertiary/aromatic N) is 2. The molecule has 0 aromatic carbocycles. The van der Waals surface area contributed by atoms with Gasteiger partial charge in [-0.25, -0.2) is 4.98 Å². The molecule has 2 heterocycles. The van der Waals surface area contributed by atoms with Crippen LogP contribution in [0.5, 0.6) is 0 Å². The topological polar surface area (TPSA) is 16.1 Å². The molecule has 0 aliphatic carbocycles. The first kappa shape index (κ1) is 16.6. The van der Waals surface area contributed by atoms with Crippen LogP contribution in [-0.2, 0) is 5.88 Å². The van der Waals surface area contributed by atoms with Crippen LogP contribution in [0, 0.1) is 11.3 Å². The molecule has 2 rings (SSSR count). The van der Waals surface area contributed by atoms with Gasteiger partial charge in [-0.1, -0.05) is 34.6 Å². The predicted octanol–water partition coefficient (Wildman–Crippen LogP) is 5.21. The Labute approximate surface area is 134 Å². The third-order valence-corrected chi connectivity index (χ3v) is 4.99. The molecule has 0 atom stereocenters. The van der Waals surface area contributed by atoms with E-state index in [1.165, 1.54) is 18.4 Å². The van der Waals surface area contributed by atoms with Gasteiger partial charge in [0.1, 0.15) is 5.82 Å². The lowest BCUT2D eigenvalue weighted by molar-refractivity contribution is 0.198. The summed E-state index contributed by atoms with van der Waals surface area (Å²) >= 11 is 6.05. The molecule has 1 aliphatic heterocycles. The van der Waals surface area contributed by atoms with Crippen molar-refractivity contribution in [2.75, 3.05) is 18.0 Å². The Morgan fingerprint density at radius 3 is 2.33 bits per heavy atom. The highest BCUT2D eigenvalue weighted by molar-refractivity contribution is 6.17. The van der Waals surface area contributed by atoms with Gasteiger partial charge in [-0.05, 0) is 47.8 Å². The lowest BCUT2D eigenvalue weighted by Gasteiger charge is -2.39. The molecule has 1 aromatic rings. The molecule has 1 saturated heterocycles. The molecular weight excluding hydrogens is 280 g/mol. The largest absolute Gasteiger partial charge is 0.357 e. The second-order valence-corrected chi connectivity index (χ2v) is 7.94. The molecule has 0 bridgehead atoms. The first-order valence-corrected chi connectivity index (χ1v) is 8.66. The zero-order chi connectivity index (χ0) is 15.6. The maximum atomic E-state index is 6.05. The molecule has 0 amide bonds. The summed E-state index contributed by atoms with van der Waals surface area (Å²) in [6.07, 6.45) is 2.51. The molecular formula is C18H29ClN2. The Hall–Kier alpha value is -0.760. The van der Waals surface area contributed by atoms with Crippen LogP contribution in [0.25, 0.3) is 0 Å². The van der Waals surface area contributed by atoms with E-state index >= 15 is 0 Å². The summed E-state index contributed by atoms with van der Waals surface area (Å²) in [7, 11) is 0. The van der Waals surface area contributed by atoms with Crippen LogP contribution in [0.15, 0.2) is 12.1 Å². The fraction of sp³-hybridized carbons (Fsp3) is 0.722. The SMILES string of the molecule is CC(C)c1cc(CCl)cc(N2CCC(C(C)(C)C)CC2)n1. The van der Waals surface area contributed by atoms with Crippen molar-refractivity contribution in [2.45, 2.75) is 59.3 Å². The fourth-order valence-electron chi connectivity index (χ4n) is 3.10. The second kappa shape index (κ2) is 6.56. The van der Waals surface area contributed by atoms with Crippen molar-refractivity contribution in [3.63, 3.8) is 0 Å². The molecule has 1 fully saturated rings. The van der Waals surface area contributed by atoms with E-state index < -0.39 is 0 Å². The maximum absolute atomic E-state index is 6.05. The first-order valence-electron chi connectivity index (χ1n) is 8.13. The Morgan fingerprint density at radius 1 is 1.24 bits per heavy atom. The van der Waals surface area contributed by atoms with E-state index in [1.807, 2.05) is 0 Å². The van der Waals surface area contributed by atoms with E-state index in [2.05, 4.69) is 51.7 Å². The highest BCUT2D eigenvalue weighted by Gasteiger charge is 2.29. The van der Waals surface area contributed by atoms with Crippen molar-refractivity contribution in [3.8, 4) is 0 Å². The highest BCUT2D eigenvalue weighted by Crippen LogP contribution is 2.35. The predicted molar refractivity (Wildman–Crippen MR) is 92.3 cm³/mol. The van der Waals surface area contributed by atoms with E-state index in [1.54, 1.807) is 0 Å². The van der Waals surface area contributed by atoms with Gasteiger partial charge in [-0.15, -0.1) is 11.6 Å². The molecule has 0 spiro atoms. The lowest BCUT2D eigenvalue weighted by Crippen LogP contribution is -2.38. The number of pyridine rings is 1. The van der Waals surface area contributed by atoms with Gasteiger partial charge in [0.2, 0.25) is 0 Å². The van der Waals surface area contributed by atoms with Crippen LogP contribution < -0.4 is 4.90 Å². The summed E-state index contributed by atoms with van der Waals surface area (Å²) in [5.74, 6) is 2.94. The molecule has 1 aromatic heterocycles. The third-order valence-electron chi connectivity index (χ3n) is 4.68. The number of aromatic nitrogens is 1. The number of alkyl halides is 1. The number of anilines is 1. The average molecular weight is 309 g/mol. The van der Waals surface area contributed by atoms with E-state index in [0.29, 0.717) is 17.2 Å². The van der Waals surface area contributed by atoms with Gasteiger partial charge in [0.15, 0.2) is 0 Å². The lowest BCUT2D eigenvalue weighted by atomic mass is 9.75. The standard InChI is InChI=1S/C18H29ClN2/c1-13(2)16-10-14(12-19)11-17(20-16)21-8-6-15(7-9-21)18(3,4)5/h10-11,13,15H,6-9,12H2,1-5H3. The Balaban J connectivity index is 2.14. The van der Waals surface area contributed by atoms with Crippen LogP contribution in [0.2, 0.25) is 0 Å². The minimum Gasteiger partial charge on any atom is -0.357 e. The summed E-state index contributed by atoms with van der Waals surface area (Å²) in [5.41, 5.74) is 2.75. The zero-order valence-electron chi connectivity index (χ0n) is 14.1. The minimum absolute atomic E-state index is 0.417. The molecule has 21 heavy (non-hydrogen) atoms. The average Bonchev–Trinajstić information content (AvgIpc) is 2.46. The van der Waals surface area contributed by atoms with Crippen LogP contribution in [0.3, 0.4) is 0 Å². The van der Waals surface area contributed by atoms with Crippen molar-refractivity contribution in [1.29, 1.82) is 0 Å². The zero-order valence-corrected chi connectivity index (χ0v) is 14.9. The van der Waals surface area contributed by atoms with Gasteiger partial charge < -0.3 is 4.90 Å². The van der Waals surface area contributed by atoms with Crippen LogP contribution in [-0.4, -0.2) is 18.1 Å². The van der Waals surface area contributed by atoms with Gasteiger partial charge >= 0.3 is 0 Å². The smallest absolute Gasteiger partial charge is 0.129 e. The molecule has 0 saturated carbocycles. The molecule has 1 aliphatic rings. The van der Waals surface area contributed by atoms with Gasteiger partial charge in [0.05, 0.1) is 0 Å². The number of halogens is 1. The summed E-state index contributed by atoms with van der Waals surface area (Å²) in [6, 6.07) is 4.30. The third kappa shape index (κ3) is 4.12. The summed E-state index contributed by atoms with van der Waals surface area (Å²) < 4.78 is 0. The van der Waals surface area contributed by atoms with Crippen molar-refractivity contribution >= 4 is 17.4 Å². The van der Waals surface area contributed by atoms with Crippen molar-refractivity contribution < 1.29 is 0 Å². The molecule has 3 heteroatoms. The maximum Gasteiger partial charge on any atom is 0.129 e. The van der Waals surface area contributed by atoms with E-state index in [4.69, 9.17) is 16.6 Å². The fourth-order valence-corrected chi connectivity index (χ4v) is 3.26.